The number of aromatic nitrogens is 2. The number of carbonyl (C=O) groups excluding carboxylic acids is 1. The summed E-state index contributed by atoms with van der Waals surface area (Å²) in [5.41, 5.74) is 2.69. The van der Waals surface area contributed by atoms with Gasteiger partial charge in [0.05, 0.1) is 5.69 Å². The van der Waals surface area contributed by atoms with Crippen LogP contribution in [0.3, 0.4) is 0 Å². The molecule has 0 unspecified atom stereocenters. The van der Waals surface area contributed by atoms with Crippen molar-refractivity contribution in [2.45, 2.75) is 32.7 Å². The molecule has 0 bridgehead atoms. The van der Waals surface area contributed by atoms with E-state index >= 15 is 0 Å². The first-order chi connectivity index (χ1) is 11.1. The van der Waals surface area contributed by atoms with E-state index in [2.05, 4.69) is 20.8 Å². The lowest BCUT2D eigenvalue weighted by Gasteiger charge is -2.22. The zero-order valence-corrected chi connectivity index (χ0v) is 13.4. The van der Waals surface area contributed by atoms with Crippen LogP contribution in [0, 0.1) is 5.92 Å². The molecule has 0 radical (unpaired) electrons. The number of ether oxygens (including phenoxy) is 1. The van der Waals surface area contributed by atoms with Crippen molar-refractivity contribution in [3.8, 4) is 0 Å². The summed E-state index contributed by atoms with van der Waals surface area (Å²) < 4.78 is 5.32. The molecule has 8 heteroatoms. The molecule has 23 heavy (non-hydrogen) atoms. The number of carboxylic acids is 1. The van der Waals surface area contributed by atoms with Gasteiger partial charge in [-0.25, -0.2) is 0 Å². The molecule has 128 valence electrons. The van der Waals surface area contributed by atoms with Crippen molar-refractivity contribution in [2.24, 2.45) is 5.92 Å². The number of carbonyl (C=O) groups is 2. The Bertz CT molecular complexity index is 534. The quantitative estimate of drug-likeness (QED) is 0.635. The number of nitrogens with one attached hydrogen (secondary N) is 3. The number of rotatable bonds is 3. The van der Waals surface area contributed by atoms with Crippen molar-refractivity contribution in [1.82, 2.24) is 20.8 Å². The SMILES string of the molecule is CC(=O)O.O=C(NCC1CCOCC1)c1n[nH]c2c1CCNC2. The zero-order valence-electron chi connectivity index (χ0n) is 13.4. The van der Waals surface area contributed by atoms with Gasteiger partial charge in [-0.3, -0.25) is 14.7 Å². The molecular formula is C15H24N4O4. The second-order valence-electron chi connectivity index (χ2n) is 5.74. The Kier molecular flexibility index (Phi) is 6.54. The van der Waals surface area contributed by atoms with Gasteiger partial charge in [0, 0.05) is 38.8 Å². The number of nitrogens with zero attached hydrogens (tertiary/aromatic N) is 1. The van der Waals surface area contributed by atoms with E-state index in [1.165, 1.54) is 0 Å². The normalized spacial score (nSPS) is 17.6. The van der Waals surface area contributed by atoms with Crippen LogP contribution in [0.15, 0.2) is 0 Å². The van der Waals surface area contributed by atoms with Gasteiger partial charge < -0.3 is 20.5 Å². The smallest absolute Gasteiger partial charge is 0.300 e. The number of aliphatic carboxylic acids is 1. The zero-order chi connectivity index (χ0) is 16.7. The van der Waals surface area contributed by atoms with E-state index in [0.29, 0.717) is 11.6 Å². The summed E-state index contributed by atoms with van der Waals surface area (Å²) in [6, 6.07) is 0. The summed E-state index contributed by atoms with van der Waals surface area (Å²) in [6.45, 7) is 5.11. The van der Waals surface area contributed by atoms with E-state index in [0.717, 1.165) is 70.3 Å². The van der Waals surface area contributed by atoms with Crippen LogP contribution in [-0.4, -0.2) is 53.5 Å². The lowest BCUT2D eigenvalue weighted by molar-refractivity contribution is -0.134. The van der Waals surface area contributed by atoms with Gasteiger partial charge in [-0.2, -0.15) is 5.10 Å². The van der Waals surface area contributed by atoms with Crippen molar-refractivity contribution in [2.75, 3.05) is 26.3 Å². The van der Waals surface area contributed by atoms with E-state index in [4.69, 9.17) is 14.6 Å². The molecule has 0 aromatic carbocycles. The maximum atomic E-state index is 12.2. The molecule has 2 aliphatic heterocycles. The van der Waals surface area contributed by atoms with Gasteiger partial charge in [0.25, 0.3) is 11.9 Å². The summed E-state index contributed by atoms with van der Waals surface area (Å²) >= 11 is 0. The number of hydrogen-bond donors (Lipinski definition) is 4. The summed E-state index contributed by atoms with van der Waals surface area (Å²) in [5, 5.41) is 20.8. The first-order valence-corrected chi connectivity index (χ1v) is 7.90. The maximum Gasteiger partial charge on any atom is 0.300 e. The second-order valence-corrected chi connectivity index (χ2v) is 5.74. The largest absolute Gasteiger partial charge is 0.481 e. The molecule has 1 amide bonds. The summed E-state index contributed by atoms with van der Waals surface area (Å²) in [7, 11) is 0. The van der Waals surface area contributed by atoms with Crippen LogP contribution >= 0.6 is 0 Å². The molecule has 4 N–H and O–H groups in total. The van der Waals surface area contributed by atoms with Gasteiger partial charge in [0.2, 0.25) is 0 Å². The Morgan fingerprint density at radius 3 is 2.78 bits per heavy atom. The third-order valence-electron chi connectivity index (χ3n) is 3.91. The Balaban J connectivity index is 0.000000433. The first kappa shape index (κ1) is 17.4. The van der Waals surface area contributed by atoms with E-state index < -0.39 is 5.97 Å². The molecule has 3 heterocycles. The van der Waals surface area contributed by atoms with Crippen LogP contribution in [-0.2, 0) is 22.5 Å². The Labute approximate surface area is 135 Å². The average Bonchev–Trinajstić information content (AvgIpc) is 2.97. The number of amides is 1. The van der Waals surface area contributed by atoms with Gasteiger partial charge in [-0.1, -0.05) is 0 Å². The van der Waals surface area contributed by atoms with E-state index in [1.807, 2.05) is 0 Å². The molecule has 8 nitrogen and oxygen atoms in total. The van der Waals surface area contributed by atoms with Gasteiger partial charge >= 0.3 is 0 Å². The molecule has 0 aliphatic carbocycles. The van der Waals surface area contributed by atoms with Crippen LogP contribution in [0.4, 0.5) is 0 Å². The highest BCUT2D eigenvalue weighted by Crippen LogP contribution is 2.16. The van der Waals surface area contributed by atoms with Crippen LogP contribution in [0.5, 0.6) is 0 Å². The third-order valence-corrected chi connectivity index (χ3v) is 3.91. The van der Waals surface area contributed by atoms with Crippen molar-refractivity contribution >= 4 is 11.9 Å². The number of carboxylic acid groups (broad SMARTS) is 1. The molecule has 0 saturated carbocycles. The lowest BCUT2D eigenvalue weighted by atomic mass is 10.00. The van der Waals surface area contributed by atoms with Crippen molar-refractivity contribution in [1.29, 1.82) is 0 Å². The van der Waals surface area contributed by atoms with Gasteiger partial charge in [-0.05, 0) is 31.7 Å². The number of hydrogen-bond acceptors (Lipinski definition) is 5. The third kappa shape index (κ3) is 5.33. The number of aromatic amines is 1. The van der Waals surface area contributed by atoms with Gasteiger partial charge in [0.1, 0.15) is 0 Å². The minimum absolute atomic E-state index is 0.0501. The monoisotopic (exact) mass is 324 g/mol. The molecular weight excluding hydrogens is 300 g/mol. The van der Waals surface area contributed by atoms with E-state index in [1.54, 1.807) is 0 Å². The topological polar surface area (TPSA) is 116 Å². The summed E-state index contributed by atoms with van der Waals surface area (Å²) in [4.78, 5) is 21.2. The van der Waals surface area contributed by atoms with E-state index in [9.17, 15) is 4.79 Å². The first-order valence-electron chi connectivity index (χ1n) is 7.90. The standard InChI is InChI=1S/C13H20N4O2.C2H4O2/c18-13(15-7-9-2-5-19-6-3-9)12-10-1-4-14-8-11(10)16-17-12;1-2(3)4/h9,14H,1-8H2,(H,15,18)(H,16,17);1H3,(H,3,4). The number of H-pyrrole nitrogens is 1. The van der Waals surface area contributed by atoms with Crippen LogP contribution in [0.1, 0.15) is 41.5 Å². The van der Waals surface area contributed by atoms with Crippen molar-refractivity contribution in [3.63, 3.8) is 0 Å². The fourth-order valence-electron chi connectivity index (χ4n) is 2.70. The maximum absolute atomic E-state index is 12.2. The highest BCUT2D eigenvalue weighted by atomic mass is 16.5. The Hall–Kier alpha value is -1.93. The molecule has 1 fully saturated rings. The van der Waals surface area contributed by atoms with Crippen molar-refractivity contribution in [3.05, 3.63) is 17.0 Å². The average molecular weight is 324 g/mol. The minimum Gasteiger partial charge on any atom is -0.481 e. The molecule has 1 saturated heterocycles. The van der Waals surface area contributed by atoms with Crippen LogP contribution in [0.2, 0.25) is 0 Å². The number of fused-ring (bicyclic) bond motifs is 1. The summed E-state index contributed by atoms with van der Waals surface area (Å²) in [5.74, 6) is -0.347. The second kappa shape index (κ2) is 8.64. The molecule has 2 aliphatic rings. The van der Waals surface area contributed by atoms with Gasteiger partial charge in [-0.15, -0.1) is 0 Å². The molecule has 1 aromatic rings. The molecule has 0 spiro atoms. The Morgan fingerprint density at radius 2 is 2.09 bits per heavy atom. The summed E-state index contributed by atoms with van der Waals surface area (Å²) in [6.07, 6.45) is 2.93. The molecule has 0 atom stereocenters. The minimum atomic E-state index is -0.833. The van der Waals surface area contributed by atoms with Gasteiger partial charge in [0.15, 0.2) is 5.69 Å². The van der Waals surface area contributed by atoms with Crippen LogP contribution < -0.4 is 10.6 Å². The Morgan fingerprint density at radius 1 is 1.39 bits per heavy atom. The molecule has 3 rings (SSSR count). The van der Waals surface area contributed by atoms with Crippen LogP contribution in [0.25, 0.3) is 0 Å². The highest BCUT2D eigenvalue weighted by Gasteiger charge is 2.22. The van der Waals surface area contributed by atoms with E-state index in [-0.39, 0.29) is 5.91 Å². The predicted molar refractivity (Wildman–Crippen MR) is 83.2 cm³/mol. The predicted octanol–water partition coefficient (Wildman–Crippen LogP) is 0.303. The lowest BCUT2D eigenvalue weighted by Crippen LogP contribution is -2.33. The molecule has 1 aromatic heterocycles. The highest BCUT2D eigenvalue weighted by molar-refractivity contribution is 5.94. The fourth-order valence-corrected chi connectivity index (χ4v) is 2.70. The fraction of sp³-hybridized carbons (Fsp3) is 0.667. The van der Waals surface area contributed by atoms with Crippen molar-refractivity contribution < 1.29 is 19.4 Å².